The average molecular weight is 729 g/mol. The van der Waals surface area contributed by atoms with Crippen molar-refractivity contribution in [2.45, 2.75) is 45.0 Å². The van der Waals surface area contributed by atoms with Gasteiger partial charge in [0.25, 0.3) is 0 Å². The fourth-order valence-electron chi connectivity index (χ4n) is 2.70. The summed E-state index contributed by atoms with van der Waals surface area (Å²) in [5, 5.41) is -0.141. The van der Waals surface area contributed by atoms with Crippen LogP contribution >= 0.6 is 0 Å². The SMILES string of the molecule is COC(=O)/C=C/C(=O)OCC(COC(=O)/C=C/C(=O)OCC(COC(=O)/C=C/C(=O)OC)OC(=O)/C=C/C(=O)OC)CO[Si](C)(C)C(C)(C)C. The molecule has 0 radical (unpaired) electrons. The molecule has 0 amide bonds. The molecule has 0 aliphatic heterocycles. The molecule has 0 fully saturated rings. The van der Waals surface area contributed by atoms with Crippen molar-refractivity contribution in [3.8, 4) is 0 Å². The molecule has 2 unspecified atom stereocenters. The van der Waals surface area contributed by atoms with Gasteiger partial charge in [0.1, 0.15) is 13.2 Å². The molecule has 18 heteroatoms. The lowest BCUT2D eigenvalue weighted by atomic mass is 10.2. The first-order valence-electron chi connectivity index (χ1n) is 14.8. The number of carbonyl (C=O) groups is 8. The third-order valence-corrected chi connectivity index (χ3v) is 11.0. The van der Waals surface area contributed by atoms with Crippen molar-refractivity contribution >= 4 is 56.1 Å². The van der Waals surface area contributed by atoms with Crippen LogP contribution in [0.4, 0.5) is 0 Å². The molecule has 0 aromatic heterocycles. The number of rotatable bonds is 20. The van der Waals surface area contributed by atoms with Crippen molar-refractivity contribution in [3.05, 3.63) is 48.6 Å². The lowest BCUT2D eigenvalue weighted by Crippen LogP contribution is -2.43. The molecule has 278 valence electrons. The van der Waals surface area contributed by atoms with Crippen molar-refractivity contribution in [2.75, 3.05) is 54.4 Å². The maximum Gasteiger partial charge on any atom is 0.331 e. The summed E-state index contributed by atoms with van der Waals surface area (Å²) in [4.78, 5) is 94.2. The zero-order valence-electron chi connectivity index (χ0n) is 29.2. The van der Waals surface area contributed by atoms with Crippen molar-refractivity contribution in [2.24, 2.45) is 5.92 Å². The maximum absolute atomic E-state index is 12.4. The summed E-state index contributed by atoms with van der Waals surface area (Å²) in [7, 11) is 1.08. The molecule has 0 aliphatic carbocycles. The minimum absolute atomic E-state index is 0.0709. The molecule has 0 bridgehead atoms. The number of esters is 8. The highest BCUT2D eigenvalue weighted by atomic mass is 28.4. The van der Waals surface area contributed by atoms with Crippen LogP contribution in [-0.2, 0) is 80.7 Å². The van der Waals surface area contributed by atoms with Gasteiger partial charge < -0.3 is 42.3 Å². The van der Waals surface area contributed by atoms with E-state index in [1.54, 1.807) is 0 Å². The van der Waals surface area contributed by atoms with Gasteiger partial charge in [-0.25, -0.2) is 38.4 Å². The van der Waals surface area contributed by atoms with E-state index in [1.165, 1.54) is 0 Å². The molecular weight excluding hydrogens is 684 g/mol. The smallest absolute Gasteiger partial charge is 0.331 e. The summed E-state index contributed by atoms with van der Waals surface area (Å²) in [6, 6.07) is 0. The Morgan fingerprint density at radius 2 is 0.780 bits per heavy atom. The Hall–Kier alpha value is -5.10. The Morgan fingerprint density at radius 3 is 1.10 bits per heavy atom. The quantitative estimate of drug-likeness (QED) is 0.0749. The topological polar surface area (TPSA) is 220 Å². The summed E-state index contributed by atoms with van der Waals surface area (Å²) in [6.45, 7) is 8.38. The summed E-state index contributed by atoms with van der Waals surface area (Å²) in [6.07, 6.45) is 4.90. The van der Waals surface area contributed by atoms with Gasteiger partial charge in [-0.05, 0) is 18.1 Å². The number of hydrogen-bond donors (Lipinski definition) is 0. The highest BCUT2D eigenvalue weighted by Gasteiger charge is 2.37. The van der Waals surface area contributed by atoms with E-state index >= 15 is 0 Å². The van der Waals surface area contributed by atoms with Gasteiger partial charge in [-0.1, -0.05) is 20.8 Å². The van der Waals surface area contributed by atoms with Crippen molar-refractivity contribution in [1.82, 2.24) is 0 Å². The Labute approximate surface area is 290 Å². The number of methoxy groups -OCH3 is 3. The number of carbonyl (C=O) groups excluding carboxylic acids is 8. The van der Waals surface area contributed by atoms with Gasteiger partial charge in [0.15, 0.2) is 14.4 Å². The van der Waals surface area contributed by atoms with Gasteiger partial charge in [0.2, 0.25) is 0 Å². The van der Waals surface area contributed by atoms with E-state index in [-0.39, 0.29) is 24.9 Å². The van der Waals surface area contributed by atoms with Crippen LogP contribution in [0.25, 0.3) is 0 Å². The molecule has 50 heavy (non-hydrogen) atoms. The van der Waals surface area contributed by atoms with Gasteiger partial charge >= 0.3 is 47.8 Å². The predicted octanol–water partition coefficient (Wildman–Crippen LogP) is 1.45. The molecule has 0 aromatic rings. The largest absolute Gasteiger partial charge is 0.466 e. The summed E-state index contributed by atoms with van der Waals surface area (Å²) < 4.78 is 44.6. The van der Waals surface area contributed by atoms with E-state index < -0.39 is 81.3 Å². The second-order valence-electron chi connectivity index (χ2n) is 11.4. The van der Waals surface area contributed by atoms with Crippen LogP contribution in [0.15, 0.2) is 48.6 Å². The van der Waals surface area contributed by atoms with Gasteiger partial charge in [0.05, 0.1) is 34.5 Å². The minimum Gasteiger partial charge on any atom is -0.466 e. The normalized spacial score (nSPS) is 13.0. The van der Waals surface area contributed by atoms with Gasteiger partial charge in [-0.2, -0.15) is 0 Å². The lowest BCUT2D eigenvalue weighted by Gasteiger charge is -2.37. The fourth-order valence-corrected chi connectivity index (χ4v) is 3.78. The van der Waals surface area contributed by atoms with Crippen molar-refractivity contribution in [3.63, 3.8) is 0 Å². The van der Waals surface area contributed by atoms with Gasteiger partial charge in [-0.3, -0.25) is 0 Å². The molecule has 0 heterocycles. The molecule has 0 rings (SSSR count). The fraction of sp³-hybridized carbons (Fsp3) is 0.500. The lowest BCUT2D eigenvalue weighted by molar-refractivity contribution is -0.160. The van der Waals surface area contributed by atoms with Gasteiger partial charge in [0, 0.05) is 61.1 Å². The molecule has 0 N–H and O–H groups in total. The van der Waals surface area contributed by atoms with Crippen LogP contribution in [-0.4, -0.2) is 117 Å². The number of hydrogen-bond acceptors (Lipinski definition) is 17. The van der Waals surface area contributed by atoms with Crippen molar-refractivity contribution < 1.29 is 80.7 Å². The Kier molecular flexibility index (Phi) is 20.9. The van der Waals surface area contributed by atoms with E-state index in [0.29, 0.717) is 0 Å². The highest BCUT2D eigenvalue weighted by molar-refractivity contribution is 6.74. The molecule has 0 saturated heterocycles. The summed E-state index contributed by atoms with van der Waals surface area (Å²) in [5.41, 5.74) is 0. The second kappa shape index (κ2) is 23.3. The molecule has 0 saturated carbocycles. The zero-order valence-corrected chi connectivity index (χ0v) is 30.2. The first-order chi connectivity index (χ1) is 23.3. The molecule has 17 nitrogen and oxygen atoms in total. The van der Waals surface area contributed by atoms with Crippen molar-refractivity contribution in [1.29, 1.82) is 0 Å². The van der Waals surface area contributed by atoms with Crippen LogP contribution < -0.4 is 0 Å². The van der Waals surface area contributed by atoms with Crippen LogP contribution in [0, 0.1) is 5.92 Å². The standard InChI is InChI=1S/C32H44O17Si/c1-32(2,3)50(7,8)48-19-22(17-44-27(36)12-9-24(33)41-4)18-45-28(37)14-15-30(39)47-21-23(49-31(40)16-11-26(35)43-6)20-46-29(38)13-10-25(34)42-5/h9-16,22-23H,17-21H2,1-8H3/b12-9+,13-10+,15-14+,16-11+. The van der Waals surface area contributed by atoms with E-state index in [2.05, 4.69) is 14.2 Å². The second-order valence-corrected chi connectivity index (χ2v) is 16.2. The monoisotopic (exact) mass is 728 g/mol. The Bertz CT molecular complexity index is 1320. The van der Waals surface area contributed by atoms with E-state index in [0.717, 1.165) is 69.9 Å². The van der Waals surface area contributed by atoms with E-state index in [4.69, 9.17) is 28.1 Å². The molecular formula is C32H44O17Si. The van der Waals surface area contributed by atoms with Crippen LogP contribution in [0.2, 0.25) is 18.1 Å². The summed E-state index contributed by atoms with van der Waals surface area (Å²) >= 11 is 0. The molecule has 0 spiro atoms. The zero-order chi connectivity index (χ0) is 38.3. The van der Waals surface area contributed by atoms with Gasteiger partial charge in [-0.15, -0.1) is 0 Å². The predicted molar refractivity (Wildman–Crippen MR) is 173 cm³/mol. The molecule has 0 aromatic carbocycles. The van der Waals surface area contributed by atoms with Crippen LogP contribution in [0.3, 0.4) is 0 Å². The number of ether oxygens (including phenoxy) is 8. The minimum atomic E-state index is -2.25. The summed E-state index contributed by atoms with van der Waals surface area (Å²) in [5.74, 6) is -8.02. The first-order valence-corrected chi connectivity index (χ1v) is 17.7. The first kappa shape index (κ1) is 44.9. The van der Waals surface area contributed by atoms with Crippen LogP contribution in [0.1, 0.15) is 20.8 Å². The molecule has 2 atom stereocenters. The average Bonchev–Trinajstić information content (AvgIpc) is 3.07. The van der Waals surface area contributed by atoms with E-state index in [9.17, 15) is 38.4 Å². The molecule has 0 aliphatic rings. The van der Waals surface area contributed by atoms with E-state index in [1.807, 2.05) is 33.9 Å². The third kappa shape index (κ3) is 21.0. The highest BCUT2D eigenvalue weighted by Crippen LogP contribution is 2.36. The third-order valence-electron chi connectivity index (χ3n) is 6.54. The maximum atomic E-state index is 12.4. The van der Waals surface area contributed by atoms with Crippen LogP contribution in [0.5, 0.6) is 0 Å². The Morgan fingerprint density at radius 1 is 0.480 bits per heavy atom. The Balaban J connectivity index is 5.38.